The number of nitrogens with one attached hydrogen (secondary N) is 2. The molecule has 28 heavy (non-hydrogen) atoms. The molecule has 6 nitrogen and oxygen atoms in total. The number of benzene rings is 1. The molecule has 0 aliphatic carbocycles. The molecule has 3 heterocycles. The molecular formula is C21H29FN4O2. The van der Waals surface area contributed by atoms with E-state index in [0.717, 1.165) is 50.5 Å². The number of halogens is 1. The Bertz CT molecular complexity index is 727. The van der Waals surface area contributed by atoms with Gasteiger partial charge in [-0.1, -0.05) is 6.07 Å². The van der Waals surface area contributed by atoms with E-state index in [4.69, 9.17) is 0 Å². The van der Waals surface area contributed by atoms with Crippen molar-refractivity contribution in [2.24, 2.45) is 5.92 Å². The summed E-state index contributed by atoms with van der Waals surface area (Å²) in [5.74, 6) is 0.486. The molecule has 1 aromatic rings. The van der Waals surface area contributed by atoms with E-state index in [1.54, 1.807) is 6.07 Å². The fourth-order valence-electron chi connectivity index (χ4n) is 4.68. The number of anilines is 1. The third-order valence-electron chi connectivity index (χ3n) is 6.35. The molecule has 0 unspecified atom stereocenters. The first-order valence-corrected chi connectivity index (χ1v) is 10.4. The van der Waals surface area contributed by atoms with Crippen LogP contribution in [0.2, 0.25) is 0 Å². The van der Waals surface area contributed by atoms with Crippen LogP contribution in [0.1, 0.15) is 43.6 Å². The smallest absolute Gasteiger partial charge is 0.317 e. The van der Waals surface area contributed by atoms with Gasteiger partial charge >= 0.3 is 6.03 Å². The fourth-order valence-corrected chi connectivity index (χ4v) is 4.68. The number of piperidine rings is 2. The summed E-state index contributed by atoms with van der Waals surface area (Å²) in [6, 6.07) is 4.58. The third kappa shape index (κ3) is 4.36. The second-order valence-electron chi connectivity index (χ2n) is 8.23. The van der Waals surface area contributed by atoms with Crippen LogP contribution in [0.4, 0.5) is 14.9 Å². The molecule has 0 bridgehead atoms. The van der Waals surface area contributed by atoms with Gasteiger partial charge in [-0.3, -0.25) is 15.0 Å². The Labute approximate surface area is 165 Å². The van der Waals surface area contributed by atoms with E-state index in [2.05, 4.69) is 15.5 Å². The van der Waals surface area contributed by atoms with Gasteiger partial charge in [0.2, 0.25) is 5.91 Å². The number of hydrogen-bond acceptors (Lipinski definition) is 4. The zero-order chi connectivity index (χ0) is 19.5. The summed E-state index contributed by atoms with van der Waals surface area (Å²) in [6.07, 6.45) is 4.70. The van der Waals surface area contributed by atoms with Crippen LogP contribution in [0.25, 0.3) is 0 Å². The molecule has 2 N–H and O–H groups in total. The number of hydrogen-bond donors (Lipinski definition) is 2. The first-order valence-electron chi connectivity index (χ1n) is 10.4. The number of imide groups is 1. The van der Waals surface area contributed by atoms with Crippen molar-refractivity contribution in [3.63, 3.8) is 0 Å². The van der Waals surface area contributed by atoms with Gasteiger partial charge in [0.25, 0.3) is 0 Å². The highest BCUT2D eigenvalue weighted by atomic mass is 19.1. The summed E-state index contributed by atoms with van der Waals surface area (Å²) in [7, 11) is 0. The van der Waals surface area contributed by atoms with E-state index < -0.39 is 6.03 Å². The van der Waals surface area contributed by atoms with Crippen LogP contribution in [0.15, 0.2) is 18.2 Å². The molecule has 1 aromatic carbocycles. The van der Waals surface area contributed by atoms with Gasteiger partial charge in [-0.05, 0) is 81.4 Å². The number of carbonyl (C=O) groups excluding carboxylic acids is 2. The van der Waals surface area contributed by atoms with Crippen molar-refractivity contribution in [2.45, 2.75) is 38.0 Å². The summed E-state index contributed by atoms with van der Waals surface area (Å²) >= 11 is 0. The molecule has 3 aliphatic heterocycles. The van der Waals surface area contributed by atoms with Gasteiger partial charge in [0, 0.05) is 25.2 Å². The minimum absolute atomic E-state index is 0.232. The number of rotatable bonds is 4. The second kappa shape index (κ2) is 8.57. The van der Waals surface area contributed by atoms with Crippen molar-refractivity contribution in [3.8, 4) is 0 Å². The lowest BCUT2D eigenvalue weighted by Crippen LogP contribution is -2.49. The van der Waals surface area contributed by atoms with E-state index in [9.17, 15) is 14.0 Å². The molecular weight excluding hydrogens is 359 g/mol. The highest BCUT2D eigenvalue weighted by Gasteiger charge is 2.27. The Balaban J connectivity index is 1.35. The summed E-state index contributed by atoms with van der Waals surface area (Å²) in [6.45, 7) is 5.75. The number of likely N-dealkylation sites (tertiary alicyclic amines) is 1. The average Bonchev–Trinajstić information content (AvgIpc) is 2.69. The molecule has 3 aliphatic rings. The maximum absolute atomic E-state index is 14.8. The van der Waals surface area contributed by atoms with Crippen molar-refractivity contribution < 1.29 is 14.0 Å². The van der Waals surface area contributed by atoms with Gasteiger partial charge in [0.1, 0.15) is 5.82 Å². The van der Waals surface area contributed by atoms with Crippen molar-refractivity contribution in [1.82, 2.24) is 15.5 Å². The predicted octanol–water partition coefficient (Wildman–Crippen LogP) is 2.45. The number of urea groups is 1. The number of carbonyl (C=O) groups is 2. The van der Waals surface area contributed by atoms with Crippen LogP contribution in [0, 0.1) is 11.7 Å². The lowest BCUT2D eigenvalue weighted by atomic mass is 9.88. The molecule has 0 atom stereocenters. The topological polar surface area (TPSA) is 64.7 Å². The summed E-state index contributed by atoms with van der Waals surface area (Å²) < 4.78 is 14.8. The molecule has 0 aromatic heterocycles. The van der Waals surface area contributed by atoms with Gasteiger partial charge < -0.3 is 10.2 Å². The van der Waals surface area contributed by atoms with E-state index in [0.29, 0.717) is 12.2 Å². The Morgan fingerprint density at radius 1 is 1.04 bits per heavy atom. The van der Waals surface area contributed by atoms with Gasteiger partial charge in [-0.25, -0.2) is 9.18 Å². The summed E-state index contributed by atoms with van der Waals surface area (Å²) in [5.41, 5.74) is 1.26. The zero-order valence-electron chi connectivity index (χ0n) is 16.3. The molecule has 0 radical (unpaired) electrons. The number of amides is 3. The SMILES string of the molecule is O=C1CCN(c2ccc(C3CCN(CC4CCNCC4)CC3)c(F)c2)C(=O)N1. The Morgan fingerprint density at radius 3 is 2.46 bits per heavy atom. The van der Waals surface area contributed by atoms with Crippen molar-refractivity contribution >= 4 is 17.6 Å². The van der Waals surface area contributed by atoms with Crippen molar-refractivity contribution in [3.05, 3.63) is 29.6 Å². The van der Waals surface area contributed by atoms with Crippen LogP contribution in [0.5, 0.6) is 0 Å². The Kier molecular flexibility index (Phi) is 5.92. The molecule has 3 amide bonds. The average molecular weight is 388 g/mol. The molecule has 4 rings (SSSR count). The molecule has 7 heteroatoms. The largest absolute Gasteiger partial charge is 0.328 e. The quantitative estimate of drug-likeness (QED) is 0.832. The number of nitrogens with zero attached hydrogens (tertiary/aromatic N) is 2. The van der Waals surface area contributed by atoms with Crippen molar-refractivity contribution in [1.29, 1.82) is 0 Å². The van der Waals surface area contributed by atoms with Crippen LogP contribution in [-0.2, 0) is 4.79 Å². The molecule has 3 fully saturated rings. The molecule has 152 valence electrons. The van der Waals surface area contributed by atoms with E-state index in [1.807, 2.05) is 6.07 Å². The fraction of sp³-hybridized carbons (Fsp3) is 0.619. The first kappa shape index (κ1) is 19.3. The third-order valence-corrected chi connectivity index (χ3v) is 6.35. The van der Waals surface area contributed by atoms with Crippen molar-refractivity contribution in [2.75, 3.05) is 44.2 Å². The van der Waals surface area contributed by atoms with E-state index in [-0.39, 0.29) is 24.1 Å². The Hall–Kier alpha value is -1.99. The van der Waals surface area contributed by atoms with Crippen LogP contribution in [0.3, 0.4) is 0 Å². The standard InChI is InChI=1S/C21H29FN4O2/c22-19-13-17(26-12-7-20(27)24-21(26)28)1-2-18(19)16-5-10-25(11-6-16)14-15-3-8-23-9-4-15/h1-2,13,15-16,23H,3-12,14H2,(H,24,27,28). The van der Waals surface area contributed by atoms with Gasteiger partial charge in [-0.2, -0.15) is 0 Å². The first-order chi connectivity index (χ1) is 13.6. The highest BCUT2D eigenvalue weighted by molar-refractivity contribution is 6.05. The molecule has 0 saturated carbocycles. The maximum atomic E-state index is 14.8. The van der Waals surface area contributed by atoms with Gasteiger partial charge in [-0.15, -0.1) is 0 Å². The zero-order valence-corrected chi connectivity index (χ0v) is 16.3. The minimum atomic E-state index is -0.477. The van der Waals surface area contributed by atoms with Crippen LogP contribution >= 0.6 is 0 Å². The monoisotopic (exact) mass is 388 g/mol. The highest BCUT2D eigenvalue weighted by Crippen LogP contribution is 2.32. The Morgan fingerprint density at radius 2 is 1.79 bits per heavy atom. The van der Waals surface area contributed by atoms with Gasteiger partial charge in [0.15, 0.2) is 0 Å². The van der Waals surface area contributed by atoms with E-state index >= 15 is 0 Å². The lowest BCUT2D eigenvalue weighted by Gasteiger charge is -2.36. The minimum Gasteiger partial charge on any atom is -0.317 e. The summed E-state index contributed by atoms with van der Waals surface area (Å²) in [4.78, 5) is 27.2. The summed E-state index contributed by atoms with van der Waals surface area (Å²) in [5, 5.41) is 5.69. The predicted molar refractivity (Wildman–Crippen MR) is 106 cm³/mol. The lowest BCUT2D eigenvalue weighted by molar-refractivity contribution is -0.120. The van der Waals surface area contributed by atoms with Crippen LogP contribution in [-0.4, -0.2) is 56.1 Å². The maximum Gasteiger partial charge on any atom is 0.328 e. The van der Waals surface area contributed by atoms with E-state index in [1.165, 1.54) is 30.4 Å². The van der Waals surface area contributed by atoms with Gasteiger partial charge in [0.05, 0.1) is 0 Å². The second-order valence-corrected chi connectivity index (χ2v) is 8.23. The van der Waals surface area contributed by atoms with Crippen LogP contribution < -0.4 is 15.5 Å². The molecule has 0 spiro atoms. The molecule has 3 saturated heterocycles. The normalized spacial score (nSPS) is 23.1.